The molecule has 12 heteroatoms. The highest BCUT2D eigenvalue weighted by molar-refractivity contribution is 7.93. The number of nitrogens with one attached hydrogen (secondary N) is 2. The fourth-order valence-electron chi connectivity index (χ4n) is 3.16. The van der Waals surface area contributed by atoms with Gasteiger partial charge in [0.05, 0.1) is 29.1 Å². The Labute approximate surface area is 176 Å². The number of carbonyl (C=O) groups excluding carboxylic acids is 1. The third-order valence-electron chi connectivity index (χ3n) is 4.76. The molecule has 0 spiro atoms. The highest BCUT2D eigenvalue weighted by Crippen LogP contribution is 2.25. The summed E-state index contributed by atoms with van der Waals surface area (Å²) in [5, 5.41) is 3.59. The predicted molar refractivity (Wildman–Crippen MR) is 109 cm³/mol. The number of alkyl halides is 3. The number of hydrogen-bond acceptors (Lipinski definition) is 6. The van der Waals surface area contributed by atoms with E-state index < -0.39 is 27.9 Å². The maximum atomic E-state index is 12.7. The first-order valence-corrected chi connectivity index (χ1v) is 11.6. The Kier molecular flexibility index (Phi) is 6.98. The Balaban J connectivity index is 1.56. The van der Waals surface area contributed by atoms with Gasteiger partial charge in [-0.05, 0) is 55.7 Å². The normalized spacial score (nSPS) is 16.4. The number of nitrogens with zero attached hydrogens (tertiary/aromatic N) is 2. The zero-order valence-electron chi connectivity index (χ0n) is 15.9. The van der Waals surface area contributed by atoms with Gasteiger partial charge in [0, 0.05) is 17.6 Å². The van der Waals surface area contributed by atoms with Gasteiger partial charge in [-0.1, -0.05) is 6.07 Å². The summed E-state index contributed by atoms with van der Waals surface area (Å²) >= 11 is 1.15. The number of carbonyl (C=O) groups is 1. The van der Waals surface area contributed by atoms with Crippen LogP contribution in [0.4, 0.5) is 24.5 Å². The maximum absolute atomic E-state index is 12.7. The molecule has 164 valence electrons. The Morgan fingerprint density at radius 3 is 2.57 bits per heavy atom. The van der Waals surface area contributed by atoms with Crippen LogP contribution in [-0.4, -0.2) is 54.7 Å². The molecule has 1 fully saturated rings. The molecule has 1 aliphatic rings. The van der Waals surface area contributed by atoms with Crippen molar-refractivity contribution in [3.8, 4) is 0 Å². The van der Waals surface area contributed by atoms with E-state index in [0.717, 1.165) is 11.5 Å². The second-order valence-corrected chi connectivity index (χ2v) is 9.62. The number of amides is 1. The fourth-order valence-corrected chi connectivity index (χ4v) is 5.13. The summed E-state index contributed by atoms with van der Waals surface area (Å²) in [5.41, 5.74) is 1.13. The molecular weight excluding hydrogens is 441 g/mol. The smallest absolute Gasteiger partial charge is 0.322 e. The third kappa shape index (κ3) is 6.41. The van der Waals surface area contributed by atoms with Gasteiger partial charge in [0.1, 0.15) is 0 Å². The van der Waals surface area contributed by atoms with Crippen LogP contribution in [0.1, 0.15) is 29.6 Å². The topological polar surface area (TPSA) is 91.4 Å². The number of piperidine rings is 1. The highest BCUT2D eigenvalue weighted by atomic mass is 32.2. The summed E-state index contributed by atoms with van der Waals surface area (Å²) in [4.78, 5) is 13.7. The predicted octanol–water partition coefficient (Wildman–Crippen LogP) is 3.55. The molecule has 1 aromatic carbocycles. The van der Waals surface area contributed by atoms with Crippen molar-refractivity contribution in [2.75, 3.05) is 29.7 Å². The van der Waals surface area contributed by atoms with Crippen LogP contribution in [0.5, 0.6) is 0 Å². The van der Waals surface area contributed by atoms with Crippen molar-refractivity contribution >= 4 is 38.8 Å². The Bertz CT molecular complexity index is 957. The van der Waals surface area contributed by atoms with Crippen LogP contribution in [0.25, 0.3) is 0 Å². The lowest BCUT2D eigenvalue weighted by Crippen LogP contribution is -2.42. The van der Waals surface area contributed by atoms with E-state index >= 15 is 0 Å². The van der Waals surface area contributed by atoms with Crippen molar-refractivity contribution < 1.29 is 26.4 Å². The first kappa shape index (κ1) is 22.5. The van der Waals surface area contributed by atoms with Crippen LogP contribution < -0.4 is 10.0 Å². The van der Waals surface area contributed by atoms with Crippen LogP contribution in [-0.2, 0) is 10.0 Å². The SMILES string of the molecule is O=C(Nc1cccc(NS(=O)(=O)C2CCN(CCC(F)(F)F)CC2)c1)c1cnsc1. The Morgan fingerprint density at radius 2 is 1.93 bits per heavy atom. The van der Waals surface area contributed by atoms with Crippen LogP contribution in [0.3, 0.4) is 0 Å². The number of halogens is 3. The molecule has 2 aromatic rings. The highest BCUT2D eigenvalue weighted by Gasteiger charge is 2.32. The summed E-state index contributed by atoms with van der Waals surface area (Å²) in [5.74, 6) is -0.352. The Morgan fingerprint density at radius 1 is 1.23 bits per heavy atom. The molecule has 0 aliphatic carbocycles. The van der Waals surface area contributed by atoms with Gasteiger partial charge in [0.15, 0.2) is 0 Å². The molecule has 7 nitrogen and oxygen atoms in total. The standard InChI is InChI=1S/C18H21F3N4O3S2/c19-18(20,21)6-9-25-7-4-16(5-8-25)30(27,28)24-15-3-1-2-14(10-15)23-17(26)13-11-22-29-12-13/h1-3,10-12,16,24H,4-9H2,(H,23,26). The van der Waals surface area contributed by atoms with Crippen molar-refractivity contribution in [3.63, 3.8) is 0 Å². The van der Waals surface area contributed by atoms with E-state index in [1.54, 1.807) is 28.5 Å². The van der Waals surface area contributed by atoms with Crippen LogP contribution >= 0.6 is 11.5 Å². The van der Waals surface area contributed by atoms with Gasteiger partial charge in [0.2, 0.25) is 10.0 Å². The van der Waals surface area contributed by atoms with Gasteiger partial charge in [-0.25, -0.2) is 12.8 Å². The van der Waals surface area contributed by atoms with E-state index in [0.29, 0.717) is 30.0 Å². The molecule has 1 aliphatic heterocycles. The zero-order chi connectivity index (χ0) is 21.8. The quantitative estimate of drug-likeness (QED) is 0.657. The van der Waals surface area contributed by atoms with Gasteiger partial charge in [-0.2, -0.15) is 13.2 Å². The molecule has 1 saturated heterocycles. The van der Waals surface area contributed by atoms with Crippen LogP contribution in [0.2, 0.25) is 0 Å². The third-order valence-corrected chi connectivity index (χ3v) is 7.22. The second-order valence-electron chi connectivity index (χ2n) is 7.00. The molecule has 0 bridgehead atoms. The molecule has 0 radical (unpaired) electrons. The van der Waals surface area contributed by atoms with Gasteiger partial charge < -0.3 is 10.2 Å². The number of rotatable bonds is 7. The molecule has 1 aromatic heterocycles. The lowest BCUT2D eigenvalue weighted by Gasteiger charge is -2.31. The van der Waals surface area contributed by atoms with Crippen molar-refractivity contribution in [2.24, 2.45) is 0 Å². The number of hydrogen-bond donors (Lipinski definition) is 2. The van der Waals surface area contributed by atoms with Gasteiger partial charge in [-0.15, -0.1) is 0 Å². The second kappa shape index (κ2) is 9.31. The Hall–Kier alpha value is -2.18. The molecule has 3 rings (SSSR count). The van der Waals surface area contributed by atoms with Crippen LogP contribution in [0.15, 0.2) is 35.8 Å². The van der Waals surface area contributed by atoms with Crippen LogP contribution in [0, 0.1) is 0 Å². The summed E-state index contributed by atoms with van der Waals surface area (Å²) < 4.78 is 68.8. The average molecular weight is 463 g/mol. The van der Waals surface area contributed by atoms with Crippen molar-refractivity contribution in [2.45, 2.75) is 30.7 Å². The summed E-state index contributed by atoms with van der Waals surface area (Å²) in [6.07, 6.45) is -3.16. The summed E-state index contributed by atoms with van der Waals surface area (Å²) in [6, 6.07) is 6.32. The van der Waals surface area contributed by atoms with Gasteiger partial charge in [0.25, 0.3) is 5.91 Å². The molecule has 2 heterocycles. The van der Waals surface area contributed by atoms with Crippen molar-refractivity contribution in [3.05, 3.63) is 41.4 Å². The van der Waals surface area contributed by atoms with Gasteiger partial charge >= 0.3 is 6.18 Å². The van der Waals surface area contributed by atoms with Crippen molar-refractivity contribution in [1.29, 1.82) is 0 Å². The number of benzene rings is 1. The van der Waals surface area contributed by atoms with E-state index in [2.05, 4.69) is 14.4 Å². The average Bonchev–Trinajstić information content (AvgIpc) is 3.21. The molecule has 1 amide bonds. The summed E-state index contributed by atoms with van der Waals surface area (Å²) in [6.45, 7) is 0.476. The monoisotopic (exact) mass is 462 g/mol. The van der Waals surface area contributed by atoms with E-state index in [-0.39, 0.29) is 25.3 Å². The van der Waals surface area contributed by atoms with E-state index in [1.165, 1.54) is 12.3 Å². The first-order chi connectivity index (χ1) is 14.1. The molecule has 0 saturated carbocycles. The summed E-state index contributed by atoms with van der Waals surface area (Å²) in [7, 11) is -3.71. The van der Waals surface area contributed by atoms with Gasteiger partial charge in [-0.3, -0.25) is 9.52 Å². The molecule has 0 atom stereocenters. The fraction of sp³-hybridized carbons (Fsp3) is 0.444. The largest absolute Gasteiger partial charge is 0.390 e. The zero-order valence-corrected chi connectivity index (χ0v) is 17.5. The maximum Gasteiger partial charge on any atom is 0.390 e. The molecular formula is C18H21F3N4O3S2. The van der Waals surface area contributed by atoms with E-state index in [9.17, 15) is 26.4 Å². The lowest BCUT2D eigenvalue weighted by atomic mass is 10.1. The number of likely N-dealkylation sites (tertiary alicyclic amines) is 1. The molecule has 2 N–H and O–H groups in total. The minimum atomic E-state index is -4.22. The first-order valence-electron chi connectivity index (χ1n) is 9.24. The molecule has 30 heavy (non-hydrogen) atoms. The molecule has 0 unspecified atom stereocenters. The number of sulfonamides is 1. The number of anilines is 2. The van der Waals surface area contributed by atoms with E-state index in [4.69, 9.17) is 0 Å². The van der Waals surface area contributed by atoms with Crippen molar-refractivity contribution in [1.82, 2.24) is 9.27 Å². The minimum Gasteiger partial charge on any atom is -0.322 e. The minimum absolute atomic E-state index is 0.120. The van der Waals surface area contributed by atoms with E-state index in [1.807, 2.05) is 0 Å². The number of aromatic nitrogens is 1. The lowest BCUT2D eigenvalue weighted by molar-refractivity contribution is -0.138.